The van der Waals surface area contributed by atoms with Gasteiger partial charge in [0.2, 0.25) is 0 Å². The van der Waals surface area contributed by atoms with Gasteiger partial charge in [-0.05, 0) is 30.9 Å². The molecule has 1 unspecified atom stereocenters. The number of nitrogens with zero attached hydrogens (tertiary/aromatic N) is 2. The third-order valence-corrected chi connectivity index (χ3v) is 3.80. The summed E-state index contributed by atoms with van der Waals surface area (Å²) in [6, 6.07) is 7.47. The van der Waals surface area contributed by atoms with Gasteiger partial charge in [-0.15, -0.1) is 0 Å². The van der Waals surface area contributed by atoms with Crippen LogP contribution in [0.2, 0.25) is 0 Å². The van der Waals surface area contributed by atoms with Gasteiger partial charge in [-0.3, -0.25) is 5.10 Å². The first-order chi connectivity index (χ1) is 11.5. The number of aryl methyl sites for hydroxylation is 1. The molecule has 0 radical (unpaired) electrons. The third-order valence-electron chi connectivity index (χ3n) is 3.80. The van der Waals surface area contributed by atoms with E-state index in [1.54, 1.807) is 0 Å². The first kappa shape index (κ1) is 17.9. The Bertz CT molecular complexity index is 669. The lowest BCUT2D eigenvalue weighted by molar-refractivity contribution is 0.218. The maximum Gasteiger partial charge on any atom is 0.315 e. The fraction of sp³-hybridized carbons (Fsp3) is 0.471. The average Bonchev–Trinajstić information content (AvgIpc) is 2.99. The molecule has 0 fully saturated rings. The number of hydrogen-bond acceptors (Lipinski definition) is 4. The number of nitrogens with one attached hydrogen (secondary N) is 3. The van der Waals surface area contributed by atoms with Crippen LogP contribution in [0, 0.1) is 12.8 Å². The second kappa shape index (κ2) is 8.44. The summed E-state index contributed by atoms with van der Waals surface area (Å²) in [6.45, 7) is 6.35. The molecule has 24 heavy (non-hydrogen) atoms. The number of benzene rings is 1. The lowest BCUT2D eigenvalue weighted by Crippen LogP contribution is -2.44. The van der Waals surface area contributed by atoms with E-state index >= 15 is 0 Å². The van der Waals surface area contributed by atoms with Crippen molar-refractivity contribution in [2.45, 2.75) is 39.8 Å². The Morgan fingerprint density at radius 1 is 1.38 bits per heavy atom. The quantitative estimate of drug-likeness (QED) is 0.623. The fourth-order valence-electron chi connectivity index (χ4n) is 2.41. The van der Waals surface area contributed by atoms with Crippen molar-refractivity contribution >= 4 is 6.03 Å². The summed E-state index contributed by atoms with van der Waals surface area (Å²) in [5, 5.41) is 21.8. The van der Waals surface area contributed by atoms with E-state index in [4.69, 9.17) is 5.11 Å². The molecule has 1 aromatic heterocycles. The number of urea groups is 1. The summed E-state index contributed by atoms with van der Waals surface area (Å²) in [4.78, 5) is 16.3. The zero-order valence-corrected chi connectivity index (χ0v) is 14.3. The van der Waals surface area contributed by atoms with Crippen LogP contribution in [0.4, 0.5) is 4.79 Å². The molecule has 0 aliphatic heterocycles. The Morgan fingerprint density at radius 3 is 2.79 bits per heavy atom. The lowest BCUT2D eigenvalue weighted by atomic mass is 10.0. The van der Waals surface area contributed by atoms with E-state index in [1.165, 1.54) is 0 Å². The third kappa shape index (κ3) is 5.06. The van der Waals surface area contributed by atoms with Gasteiger partial charge >= 0.3 is 6.03 Å². The van der Waals surface area contributed by atoms with Crippen molar-refractivity contribution in [3.8, 4) is 11.4 Å². The SMILES string of the molecule is Cc1nc(-c2cccc(CNC(=O)NC(CCO)C(C)C)c2)n[nH]1. The molecule has 1 aromatic carbocycles. The molecule has 0 aliphatic carbocycles. The summed E-state index contributed by atoms with van der Waals surface area (Å²) in [7, 11) is 0. The molecule has 0 bridgehead atoms. The van der Waals surface area contributed by atoms with Crippen LogP contribution in [0.25, 0.3) is 11.4 Å². The normalized spacial score (nSPS) is 12.2. The van der Waals surface area contributed by atoms with E-state index in [2.05, 4.69) is 25.8 Å². The molecule has 4 N–H and O–H groups in total. The van der Waals surface area contributed by atoms with Gasteiger partial charge < -0.3 is 15.7 Å². The Balaban J connectivity index is 1.93. The number of aliphatic hydroxyl groups is 1. The lowest BCUT2D eigenvalue weighted by Gasteiger charge is -2.21. The minimum Gasteiger partial charge on any atom is -0.396 e. The Hall–Kier alpha value is -2.41. The predicted octanol–water partition coefficient (Wildman–Crippen LogP) is 1.99. The number of hydrogen-bond donors (Lipinski definition) is 4. The second-order valence-electron chi connectivity index (χ2n) is 6.13. The molecule has 0 saturated carbocycles. The number of carbonyl (C=O) groups excluding carboxylic acids is 1. The van der Waals surface area contributed by atoms with Crippen LogP contribution in [0.15, 0.2) is 24.3 Å². The van der Waals surface area contributed by atoms with Gasteiger partial charge in [-0.2, -0.15) is 5.10 Å². The van der Waals surface area contributed by atoms with Crippen LogP contribution in [0.1, 0.15) is 31.7 Å². The summed E-state index contributed by atoms with van der Waals surface area (Å²) in [6.07, 6.45) is 0.546. The van der Waals surface area contributed by atoms with Gasteiger partial charge in [0.15, 0.2) is 5.82 Å². The molecule has 2 aromatic rings. The zero-order valence-electron chi connectivity index (χ0n) is 14.3. The topological polar surface area (TPSA) is 103 Å². The van der Waals surface area contributed by atoms with Crippen LogP contribution >= 0.6 is 0 Å². The monoisotopic (exact) mass is 331 g/mol. The van der Waals surface area contributed by atoms with E-state index < -0.39 is 0 Å². The molecule has 2 rings (SSSR count). The number of amides is 2. The fourth-order valence-corrected chi connectivity index (χ4v) is 2.41. The van der Waals surface area contributed by atoms with Gasteiger partial charge in [-0.25, -0.2) is 9.78 Å². The summed E-state index contributed by atoms with van der Waals surface area (Å²) >= 11 is 0. The van der Waals surface area contributed by atoms with Crippen molar-refractivity contribution in [1.29, 1.82) is 0 Å². The molecule has 0 aliphatic rings. The number of H-pyrrole nitrogens is 1. The van der Waals surface area contributed by atoms with E-state index in [-0.39, 0.29) is 24.6 Å². The average molecular weight is 331 g/mol. The number of aromatic nitrogens is 3. The van der Waals surface area contributed by atoms with Crippen molar-refractivity contribution in [3.63, 3.8) is 0 Å². The Labute approximate surface area is 141 Å². The number of rotatable bonds is 7. The molecular formula is C17H25N5O2. The highest BCUT2D eigenvalue weighted by Gasteiger charge is 2.15. The van der Waals surface area contributed by atoms with Crippen molar-refractivity contribution < 1.29 is 9.90 Å². The highest BCUT2D eigenvalue weighted by Crippen LogP contribution is 2.16. The van der Waals surface area contributed by atoms with Gasteiger partial charge in [0.05, 0.1) is 0 Å². The highest BCUT2D eigenvalue weighted by atomic mass is 16.3. The van der Waals surface area contributed by atoms with E-state index in [0.717, 1.165) is 17.0 Å². The van der Waals surface area contributed by atoms with Gasteiger partial charge in [0.25, 0.3) is 0 Å². The van der Waals surface area contributed by atoms with Crippen LogP contribution in [-0.4, -0.2) is 39.0 Å². The van der Waals surface area contributed by atoms with Crippen LogP contribution < -0.4 is 10.6 Å². The predicted molar refractivity (Wildman–Crippen MR) is 92.3 cm³/mol. The van der Waals surface area contributed by atoms with Gasteiger partial charge in [-0.1, -0.05) is 32.0 Å². The molecule has 0 spiro atoms. The van der Waals surface area contributed by atoms with Crippen molar-refractivity contribution in [3.05, 3.63) is 35.7 Å². The largest absolute Gasteiger partial charge is 0.396 e. The highest BCUT2D eigenvalue weighted by molar-refractivity contribution is 5.74. The minimum atomic E-state index is -0.235. The van der Waals surface area contributed by atoms with E-state index in [1.807, 2.05) is 45.0 Å². The molecule has 1 atom stereocenters. The molecule has 7 heteroatoms. The maximum atomic E-state index is 12.0. The van der Waals surface area contributed by atoms with Crippen molar-refractivity contribution in [1.82, 2.24) is 25.8 Å². The molecule has 2 amide bonds. The summed E-state index contributed by atoms with van der Waals surface area (Å²) < 4.78 is 0. The molecular weight excluding hydrogens is 306 g/mol. The van der Waals surface area contributed by atoms with E-state index in [9.17, 15) is 4.79 Å². The first-order valence-electron chi connectivity index (χ1n) is 8.13. The number of aromatic amines is 1. The summed E-state index contributed by atoms with van der Waals surface area (Å²) in [5.41, 5.74) is 1.87. The Morgan fingerprint density at radius 2 is 2.17 bits per heavy atom. The zero-order chi connectivity index (χ0) is 17.5. The van der Waals surface area contributed by atoms with Gasteiger partial charge in [0.1, 0.15) is 5.82 Å². The molecule has 130 valence electrons. The minimum absolute atomic E-state index is 0.0439. The molecule has 1 heterocycles. The van der Waals surface area contributed by atoms with Gasteiger partial charge in [0, 0.05) is 24.8 Å². The second-order valence-corrected chi connectivity index (χ2v) is 6.13. The van der Waals surface area contributed by atoms with Crippen LogP contribution in [0.3, 0.4) is 0 Å². The Kier molecular flexibility index (Phi) is 6.31. The molecule has 0 saturated heterocycles. The van der Waals surface area contributed by atoms with Crippen molar-refractivity contribution in [2.75, 3.05) is 6.61 Å². The number of aliphatic hydroxyl groups excluding tert-OH is 1. The number of carbonyl (C=O) groups is 1. The van der Waals surface area contributed by atoms with Crippen LogP contribution in [0.5, 0.6) is 0 Å². The van der Waals surface area contributed by atoms with E-state index in [0.29, 0.717) is 18.8 Å². The maximum absolute atomic E-state index is 12.0. The molecule has 7 nitrogen and oxygen atoms in total. The standard InChI is InChI=1S/C17H25N5O2/c1-11(2)15(7-8-23)20-17(24)18-10-13-5-4-6-14(9-13)16-19-12(3)21-22-16/h4-6,9,11,15,23H,7-8,10H2,1-3H3,(H2,18,20,24)(H,19,21,22). The van der Waals surface area contributed by atoms with Crippen molar-refractivity contribution in [2.24, 2.45) is 5.92 Å². The first-order valence-corrected chi connectivity index (χ1v) is 8.13. The van der Waals surface area contributed by atoms with Crippen LogP contribution in [-0.2, 0) is 6.54 Å². The smallest absolute Gasteiger partial charge is 0.315 e. The summed E-state index contributed by atoms with van der Waals surface area (Å²) in [5.74, 6) is 1.67.